The highest BCUT2D eigenvalue weighted by Gasteiger charge is 2.35. The number of rotatable bonds is 5. The Hall–Kier alpha value is -1.84. The van der Waals surface area contributed by atoms with Gasteiger partial charge in [0.2, 0.25) is 0 Å². The molecule has 1 aliphatic carbocycles. The van der Waals surface area contributed by atoms with E-state index in [4.69, 9.17) is 4.98 Å². The summed E-state index contributed by atoms with van der Waals surface area (Å²) in [6, 6.07) is 5.26. The summed E-state index contributed by atoms with van der Waals surface area (Å²) in [6.07, 6.45) is 4.40. The van der Waals surface area contributed by atoms with Crippen molar-refractivity contribution in [2.45, 2.75) is 57.9 Å². The molecule has 4 nitrogen and oxygen atoms in total. The van der Waals surface area contributed by atoms with Gasteiger partial charge in [-0.15, -0.1) is 0 Å². The Bertz CT molecular complexity index is 694. The van der Waals surface area contributed by atoms with Crippen LogP contribution in [0.3, 0.4) is 0 Å². The zero-order valence-electron chi connectivity index (χ0n) is 12.9. The van der Waals surface area contributed by atoms with E-state index in [1.54, 1.807) is 12.1 Å². The van der Waals surface area contributed by atoms with Gasteiger partial charge in [0, 0.05) is 11.5 Å². The number of hydrogen-bond acceptors (Lipinski definition) is 2. The highest BCUT2D eigenvalue weighted by atomic mass is 16.4. The van der Waals surface area contributed by atoms with E-state index in [-0.39, 0.29) is 5.54 Å². The fraction of sp³-hybridized carbons (Fsp3) is 0.529. The van der Waals surface area contributed by atoms with Crippen LogP contribution in [0.1, 0.15) is 68.6 Å². The van der Waals surface area contributed by atoms with Crippen molar-refractivity contribution in [1.82, 2.24) is 9.55 Å². The van der Waals surface area contributed by atoms with E-state index in [1.165, 1.54) is 12.8 Å². The van der Waals surface area contributed by atoms with Crippen molar-refractivity contribution in [2.75, 3.05) is 0 Å². The van der Waals surface area contributed by atoms with E-state index < -0.39 is 5.97 Å². The molecule has 1 N–H and O–H groups in total. The summed E-state index contributed by atoms with van der Waals surface area (Å²) >= 11 is 0. The molecule has 112 valence electrons. The maximum atomic E-state index is 11.3. The first-order chi connectivity index (χ1) is 10.00. The number of carboxylic acids is 1. The molecule has 0 atom stereocenters. The van der Waals surface area contributed by atoms with Crippen LogP contribution in [0.2, 0.25) is 0 Å². The standard InChI is InChI=1S/C17H22N2O2/c1-4-17(3,5-2)19-14-10-12(16(20)21)8-9-13(14)18-15(19)11-6-7-11/h8-11H,4-7H2,1-3H3,(H,20,21). The number of fused-ring (bicyclic) bond motifs is 1. The fourth-order valence-corrected chi connectivity index (χ4v) is 2.98. The van der Waals surface area contributed by atoms with Crippen LogP contribution in [0.25, 0.3) is 11.0 Å². The first kappa shape index (κ1) is 14.1. The molecule has 1 fully saturated rings. The van der Waals surface area contributed by atoms with E-state index in [0.29, 0.717) is 11.5 Å². The molecule has 1 aliphatic rings. The van der Waals surface area contributed by atoms with Crippen LogP contribution in [0.4, 0.5) is 0 Å². The lowest BCUT2D eigenvalue weighted by Crippen LogP contribution is -2.30. The summed E-state index contributed by atoms with van der Waals surface area (Å²) in [5.41, 5.74) is 2.20. The number of aromatic carboxylic acids is 1. The molecule has 0 aliphatic heterocycles. The maximum Gasteiger partial charge on any atom is 0.335 e. The van der Waals surface area contributed by atoms with E-state index in [9.17, 15) is 9.90 Å². The zero-order valence-corrected chi connectivity index (χ0v) is 12.9. The van der Waals surface area contributed by atoms with Crippen molar-refractivity contribution >= 4 is 17.0 Å². The van der Waals surface area contributed by atoms with Crippen molar-refractivity contribution in [3.63, 3.8) is 0 Å². The number of imidazole rings is 1. The molecular weight excluding hydrogens is 264 g/mol. The van der Waals surface area contributed by atoms with Gasteiger partial charge in [0.1, 0.15) is 5.82 Å². The van der Waals surface area contributed by atoms with Crippen LogP contribution in [0.15, 0.2) is 18.2 Å². The summed E-state index contributed by atoms with van der Waals surface area (Å²) < 4.78 is 2.31. The third kappa shape index (κ3) is 2.23. The number of aromatic nitrogens is 2. The number of carboxylic acid groups (broad SMARTS) is 1. The number of benzene rings is 1. The molecule has 0 unspecified atom stereocenters. The van der Waals surface area contributed by atoms with Crippen molar-refractivity contribution in [3.8, 4) is 0 Å². The van der Waals surface area contributed by atoms with Gasteiger partial charge in [-0.1, -0.05) is 13.8 Å². The second kappa shape index (κ2) is 4.86. The summed E-state index contributed by atoms with van der Waals surface area (Å²) in [6.45, 7) is 6.62. The van der Waals surface area contributed by atoms with Crippen molar-refractivity contribution < 1.29 is 9.90 Å². The second-order valence-corrected chi connectivity index (χ2v) is 6.29. The largest absolute Gasteiger partial charge is 0.478 e. The summed E-state index contributed by atoms with van der Waals surface area (Å²) in [5, 5.41) is 9.25. The number of hydrogen-bond donors (Lipinski definition) is 1. The Kier molecular flexibility index (Phi) is 3.27. The predicted molar refractivity (Wildman–Crippen MR) is 82.9 cm³/mol. The molecule has 0 bridgehead atoms. The van der Waals surface area contributed by atoms with Gasteiger partial charge >= 0.3 is 5.97 Å². The van der Waals surface area contributed by atoms with Gasteiger partial charge in [-0.05, 0) is 50.8 Å². The van der Waals surface area contributed by atoms with Crippen LogP contribution < -0.4 is 0 Å². The molecule has 0 saturated heterocycles. The smallest absolute Gasteiger partial charge is 0.335 e. The van der Waals surface area contributed by atoms with Crippen LogP contribution in [-0.4, -0.2) is 20.6 Å². The van der Waals surface area contributed by atoms with Gasteiger partial charge in [-0.2, -0.15) is 0 Å². The monoisotopic (exact) mass is 286 g/mol. The fourth-order valence-electron chi connectivity index (χ4n) is 2.98. The predicted octanol–water partition coefficient (Wildman–Crippen LogP) is 4.15. The molecule has 21 heavy (non-hydrogen) atoms. The average Bonchev–Trinajstić information content (AvgIpc) is 3.26. The van der Waals surface area contributed by atoms with Crippen molar-refractivity contribution in [2.24, 2.45) is 0 Å². The quantitative estimate of drug-likeness (QED) is 0.898. The molecule has 4 heteroatoms. The van der Waals surface area contributed by atoms with Gasteiger partial charge in [0.05, 0.1) is 16.6 Å². The Balaban J connectivity index is 2.29. The van der Waals surface area contributed by atoms with Gasteiger partial charge in [0.25, 0.3) is 0 Å². The zero-order chi connectivity index (χ0) is 15.2. The summed E-state index contributed by atoms with van der Waals surface area (Å²) in [7, 11) is 0. The highest BCUT2D eigenvalue weighted by Crippen LogP contribution is 2.44. The van der Waals surface area contributed by atoms with Crippen LogP contribution in [0, 0.1) is 0 Å². The van der Waals surface area contributed by atoms with Crippen molar-refractivity contribution in [1.29, 1.82) is 0 Å². The van der Waals surface area contributed by atoms with Crippen LogP contribution >= 0.6 is 0 Å². The molecule has 3 rings (SSSR count). The Morgan fingerprint density at radius 2 is 2.05 bits per heavy atom. The van der Waals surface area contributed by atoms with Gasteiger partial charge in [-0.3, -0.25) is 0 Å². The van der Waals surface area contributed by atoms with E-state index in [2.05, 4.69) is 25.3 Å². The topological polar surface area (TPSA) is 55.1 Å². The second-order valence-electron chi connectivity index (χ2n) is 6.29. The molecule has 2 aromatic rings. The lowest BCUT2D eigenvalue weighted by atomic mass is 9.94. The van der Waals surface area contributed by atoms with Gasteiger partial charge < -0.3 is 9.67 Å². The molecular formula is C17H22N2O2. The third-order valence-electron chi connectivity index (χ3n) is 4.93. The molecule has 1 aromatic heterocycles. The Morgan fingerprint density at radius 1 is 1.38 bits per heavy atom. The van der Waals surface area contributed by atoms with E-state index in [1.807, 2.05) is 6.07 Å². The lowest BCUT2D eigenvalue weighted by molar-refractivity contribution is 0.0697. The molecule has 1 aromatic carbocycles. The minimum absolute atomic E-state index is 0.0101. The highest BCUT2D eigenvalue weighted by molar-refractivity contribution is 5.92. The molecule has 1 saturated carbocycles. The minimum atomic E-state index is -0.882. The molecule has 1 heterocycles. The van der Waals surface area contributed by atoms with Gasteiger partial charge in [0.15, 0.2) is 0 Å². The first-order valence-corrected chi connectivity index (χ1v) is 7.76. The third-order valence-corrected chi connectivity index (χ3v) is 4.93. The van der Waals surface area contributed by atoms with Crippen molar-refractivity contribution in [3.05, 3.63) is 29.6 Å². The van der Waals surface area contributed by atoms with E-state index >= 15 is 0 Å². The molecule has 0 spiro atoms. The molecule has 0 amide bonds. The Labute approximate surface area is 124 Å². The number of nitrogens with zero attached hydrogens (tertiary/aromatic N) is 2. The van der Waals surface area contributed by atoms with Crippen LogP contribution in [-0.2, 0) is 5.54 Å². The normalized spacial score (nSPS) is 15.6. The summed E-state index contributed by atoms with van der Waals surface area (Å²) in [4.78, 5) is 16.1. The summed E-state index contributed by atoms with van der Waals surface area (Å²) in [5.74, 6) is 0.800. The molecule has 0 radical (unpaired) electrons. The lowest BCUT2D eigenvalue weighted by Gasteiger charge is -2.31. The SMILES string of the molecule is CCC(C)(CC)n1c(C2CC2)nc2ccc(C(=O)O)cc21. The Morgan fingerprint density at radius 3 is 2.57 bits per heavy atom. The first-order valence-electron chi connectivity index (χ1n) is 7.76. The maximum absolute atomic E-state index is 11.3. The number of carbonyl (C=O) groups is 1. The van der Waals surface area contributed by atoms with Gasteiger partial charge in [-0.25, -0.2) is 9.78 Å². The minimum Gasteiger partial charge on any atom is -0.478 e. The average molecular weight is 286 g/mol. The van der Waals surface area contributed by atoms with Crippen LogP contribution in [0.5, 0.6) is 0 Å². The van der Waals surface area contributed by atoms with E-state index in [0.717, 1.165) is 29.7 Å².